The summed E-state index contributed by atoms with van der Waals surface area (Å²) in [7, 11) is 0. The van der Waals surface area contributed by atoms with Gasteiger partial charge in [-0.15, -0.1) is 0 Å². The third-order valence-corrected chi connectivity index (χ3v) is 6.11. The molecule has 2 aromatic rings. The van der Waals surface area contributed by atoms with Gasteiger partial charge in [0.15, 0.2) is 5.69 Å². The molecule has 0 saturated heterocycles. The first kappa shape index (κ1) is 17.2. The van der Waals surface area contributed by atoms with Crippen LogP contribution in [0, 0.1) is 11.6 Å². The van der Waals surface area contributed by atoms with Gasteiger partial charge in [-0.25, -0.2) is 8.78 Å². The van der Waals surface area contributed by atoms with E-state index in [2.05, 4.69) is 10.2 Å². The smallest absolute Gasteiger partial charge is 0.279 e. The number of nitrogens with one attached hydrogen (secondary N) is 1. The molecular formula is C20H23F2N3O. The lowest BCUT2D eigenvalue weighted by atomic mass is 9.93. The predicted molar refractivity (Wildman–Crippen MR) is 95.5 cm³/mol. The van der Waals surface area contributed by atoms with Crippen LogP contribution in [0.5, 0.6) is 0 Å². The van der Waals surface area contributed by atoms with Crippen LogP contribution in [0.3, 0.4) is 0 Å². The number of halogens is 2. The van der Waals surface area contributed by atoms with Crippen molar-refractivity contribution in [3.63, 3.8) is 0 Å². The quantitative estimate of drug-likeness (QED) is 0.845. The lowest BCUT2D eigenvalue weighted by Gasteiger charge is -2.38. The van der Waals surface area contributed by atoms with E-state index in [4.69, 9.17) is 0 Å². The number of amides is 1. The predicted octanol–water partition coefficient (Wildman–Crippen LogP) is 4.89. The third-order valence-electron chi connectivity index (χ3n) is 6.11. The molecule has 0 aliphatic heterocycles. The van der Waals surface area contributed by atoms with Gasteiger partial charge in [-0.05, 0) is 57.6 Å². The molecule has 1 N–H and O–H groups in total. The van der Waals surface area contributed by atoms with Crippen LogP contribution in [0.4, 0.5) is 14.5 Å². The van der Waals surface area contributed by atoms with Gasteiger partial charge in [-0.2, -0.15) is 5.10 Å². The van der Waals surface area contributed by atoms with E-state index in [9.17, 15) is 13.6 Å². The van der Waals surface area contributed by atoms with Crippen LogP contribution in [0.1, 0.15) is 80.0 Å². The Bertz CT molecular complexity index is 874. The maximum absolute atomic E-state index is 14.5. The number of hydrogen-bond donors (Lipinski definition) is 1. The minimum Gasteiger partial charge on any atom is -0.299 e. The first-order chi connectivity index (χ1) is 12.3. The third kappa shape index (κ3) is 2.46. The number of fused-ring (bicyclic) bond motifs is 5. The molecule has 138 valence electrons. The Hall–Kier alpha value is -2.24. The first-order valence-electron chi connectivity index (χ1n) is 9.21. The van der Waals surface area contributed by atoms with Crippen molar-refractivity contribution < 1.29 is 13.6 Å². The van der Waals surface area contributed by atoms with Gasteiger partial charge in [0.25, 0.3) is 5.91 Å². The second-order valence-corrected chi connectivity index (χ2v) is 8.01. The van der Waals surface area contributed by atoms with E-state index >= 15 is 0 Å². The minimum absolute atomic E-state index is 0.0863. The molecule has 2 aliphatic carbocycles. The molecule has 0 radical (unpaired) electrons. The van der Waals surface area contributed by atoms with Crippen molar-refractivity contribution in [2.24, 2.45) is 0 Å². The molecule has 2 bridgehead atoms. The number of nitrogens with zero attached hydrogens (tertiary/aromatic N) is 2. The van der Waals surface area contributed by atoms with Gasteiger partial charge in [0.05, 0.1) is 5.69 Å². The molecule has 4 rings (SSSR count). The summed E-state index contributed by atoms with van der Waals surface area (Å²) in [5, 5.41) is 7.35. The van der Waals surface area contributed by atoms with Crippen molar-refractivity contribution in [2.75, 3.05) is 4.90 Å². The summed E-state index contributed by atoms with van der Waals surface area (Å²) in [5.41, 5.74) is 1.91. The van der Waals surface area contributed by atoms with E-state index in [1.165, 1.54) is 17.0 Å². The summed E-state index contributed by atoms with van der Waals surface area (Å²) in [5.74, 6) is -0.913. The average molecular weight is 359 g/mol. The number of carbonyl (C=O) groups excluding carboxylic acids is 1. The Morgan fingerprint density at radius 1 is 1.31 bits per heavy atom. The Labute approximate surface area is 151 Å². The molecule has 2 unspecified atom stereocenters. The van der Waals surface area contributed by atoms with Crippen molar-refractivity contribution in [3.8, 4) is 0 Å². The van der Waals surface area contributed by atoms with Crippen LogP contribution in [-0.2, 0) is 0 Å². The van der Waals surface area contributed by atoms with E-state index < -0.39 is 17.2 Å². The molecule has 0 spiro atoms. The molecule has 1 saturated carbocycles. The summed E-state index contributed by atoms with van der Waals surface area (Å²) in [6, 6.07) is 3.33. The number of carbonyl (C=O) groups is 1. The summed E-state index contributed by atoms with van der Waals surface area (Å²) < 4.78 is 27.9. The minimum atomic E-state index is -0.742. The molecule has 1 aromatic carbocycles. The van der Waals surface area contributed by atoms with E-state index in [0.717, 1.165) is 36.6 Å². The zero-order valence-electron chi connectivity index (χ0n) is 15.3. The van der Waals surface area contributed by atoms with Crippen LogP contribution in [0.15, 0.2) is 18.2 Å². The summed E-state index contributed by atoms with van der Waals surface area (Å²) in [4.78, 5) is 14.9. The number of aromatic amines is 1. The molecule has 1 amide bonds. The molecule has 1 aromatic heterocycles. The number of benzene rings is 1. The molecular weight excluding hydrogens is 336 g/mol. The van der Waals surface area contributed by atoms with Crippen LogP contribution >= 0.6 is 0 Å². The lowest BCUT2D eigenvalue weighted by Crippen LogP contribution is -2.48. The standard InChI is InChI=1S/C20H23F2N3O/c1-4-20(2,3)25(15-8-7-13(21)10-14(15)22)19(26)18-16-11-5-6-12(9-11)17(16)23-24-18/h7-8,10-12H,4-6,9H2,1-3H3,(H,23,24). The van der Waals surface area contributed by atoms with Gasteiger partial charge in [-0.3, -0.25) is 14.8 Å². The summed E-state index contributed by atoms with van der Waals surface area (Å²) >= 11 is 0. The fraction of sp³-hybridized carbons (Fsp3) is 0.500. The second-order valence-electron chi connectivity index (χ2n) is 8.01. The van der Waals surface area contributed by atoms with Gasteiger partial charge in [0.2, 0.25) is 0 Å². The second kappa shape index (κ2) is 5.89. The van der Waals surface area contributed by atoms with Gasteiger partial charge in [0.1, 0.15) is 11.6 Å². The monoisotopic (exact) mass is 359 g/mol. The number of aromatic nitrogens is 2. The van der Waals surface area contributed by atoms with Gasteiger partial charge in [0, 0.05) is 28.8 Å². The van der Waals surface area contributed by atoms with Crippen LogP contribution in [0.25, 0.3) is 0 Å². The number of H-pyrrole nitrogens is 1. The largest absolute Gasteiger partial charge is 0.299 e. The van der Waals surface area contributed by atoms with Crippen molar-refractivity contribution in [1.82, 2.24) is 10.2 Å². The van der Waals surface area contributed by atoms with Gasteiger partial charge in [-0.1, -0.05) is 6.92 Å². The average Bonchev–Trinajstić information content (AvgIpc) is 3.29. The first-order valence-corrected chi connectivity index (χ1v) is 9.21. The van der Waals surface area contributed by atoms with E-state index in [-0.39, 0.29) is 11.6 Å². The molecule has 2 aliphatic rings. The zero-order chi connectivity index (χ0) is 18.6. The summed E-state index contributed by atoms with van der Waals surface area (Å²) in [6.45, 7) is 5.71. The Balaban J connectivity index is 1.81. The number of rotatable bonds is 4. The Morgan fingerprint density at radius 3 is 2.73 bits per heavy atom. The molecule has 1 heterocycles. The van der Waals surface area contributed by atoms with E-state index in [1.807, 2.05) is 20.8 Å². The van der Waals surface area contributed by atoms with Crippen LogP contribution in [0.2, 0.25) is 0 Å². The number of hydrogen-bond acceptors (Lipinski definition) is 2. The maximum atomic E-state index is 14.5. The SMILES string of the molecule is CCC(C)(C)N(C(=O)c1n[nH]c2c1C1CCC2C1)c1ccc(F)cc1F. The number of anilines is 1. The zero-order valence-corrected chi connectivity index (χ0v) is 15.3. The van der Waals surface area contributed by atoms with Crippen molar-refractivity contribution in [1.29, 1.82) is 0 Å². The fourth-order valence-corrected chi connectivity index (χ4v) is 4.39. The normalized spacial score (nSPS) is 21.1. The van der Waals surface area contributed by atoms with Crippen LogP contribution < -0.4 is 4.90 Å². The summed E-state index contributed by atoms with van der Waals surface area (Å²) in [6.07, 6.45) is 3.88. The highest BCUT2D eigenvalue weighted by Crippen LogP contribution is 2.53. The maximum Gasteiger partial charge on any atom is 0.279 e. The Morgan fingerprint density at radius 2 is 2.04 bits per heavy atom. The van der Waals surface area contributed by atoms with E-state index in [1.54, 1.807) is 0 Å². The highest BCUT2D eigenvalue weighted by molar-refractivity contribution is 6.07. The molecule has 1 fully saturated rings. The fourth-order valence-electron chi connectivity index (χ4n) is 4.39. The van der Waals surface area contributed by atoms with Gasteiger partial charge < -0.3 is 0 Å². The molecule has 26 heavy (non-hydrogen) atoms. The molecule has 6 heteroatoms. The van der Waals surface area contributed by atoms with E-state index in [0.29, 0.717) is 24.0 Å². The van der Waals surface area contributed by atoms with Crippen LogP contribution in [-0.4, -0.2) is 21.6 Å². The van der Waals surface area contributed by atoms with Gasteiger partial charge >= 0.3 is 0 Å². The Kier molecular flexibility index (Phi) is 3.90. The van der Waals surface area contributed by atoms with Crippen molar-refractivity contribution in [3.05, 3.63) is 46.8 Å². The molecule has 4 nitrogen and oxygen atoms in total. The van der Waals surface area contributed by atoms with Crippen molar-refractivity contribution >= 4 is 11.6 Å². The lowest BCUT2D eigenvalue weighted by molar-refractivity contribution is 0.0953. The molecule has 2 atom stereocenters. The van der Waals surface area contributed by atoms with Crippen molar-refractivity contribution in [2.45, 2.75) is 63.8 Å². The highest BCUT2D eigenvalue weighted by Gasteiger charge is 2.44. The highest BCUT2D eigenvalue weighted by atomic mass is 19.1. The topological polar surface area (TPSA) is 49.0 Å².